The molecule has 0 bridgehead atoms. The zero-order chi connectivity index (χ0) is 37.9. The molecule has 5 heteroatoms. The van der Waals surface area contributed by atoms with Gasteiger partial charge in [0, 0.05) is 43.8 Å². The molecule has 0 amide bonds. The van der Waals surface area contributed by atoms with E-state index in [4.69, 9.17) is 19.4 Å². The fourth-order valence-corrected chi connectivity index (χ4v) is 8.05. The van der Waals surface area contributed by atoms with E-state index in [1.165, 1.54) is 16.7 Å². The van der Waals surface area contributed by atoms with Crippen molar-refractivity contribution < 1.29 is 4.42 Å². The largest absolute Gasteiger partial charge is 0.454 e. The summed E-state index contributed by atoms with van der Waals surface area (Å²) in [6.45, 7) is 2.09. The standard InChI is InChI=1S/C52H34N4O/c1-32-11-8-9-18-41(32)52-55-50(36-21-19-35(20-22-36)33-12-4-2-5-13-33)54-51(56-52)40-17-10-16-37(29-40)39-23-25-42-43-26-27-44-45-30-38(34-14-6-3-7-15-34)24-28-47(45)57-49(44)48(43)53-46(42)31-39/h2-31,53H,1H3. The third kappa shape index (κ3) is 5.76. The molecule has 0 atom stereocenters. The van der Waals surface area contributed by atoms with Gasteiger partial charge in [-0.3, -0.25) is 0 Å². The summed E-state index contributed by atoms with van der Waals surface area (Å²) in [6.07, 6.45) is 0. The van der Waals surface area contributed by atoms with E-state index in [0.717, 1.165) is 82.7 Å². The maximum Gasteiger partial charge on any atom is 0.164 e. The molecule has 1 N–H and O–H groups in total. The Morgan fingerprint density at radius 2 is 0.930 bits per heavy atom. The summed E-state index contributed by atoms with van der Waals surface area (Å²) < 4.78 is 6.53. The Morgan fingerprint density at radius 3 is 1.72 bits per heavy atom. The summed E-state index contributed by atoms with van der Waals surface area (Å²) in [5.74, 6) is 1.91. The van der Waals surface area contributed by atoms with Crippen molar-refractivity contribution in [3.8, 4) is 67.5 Å². The molecule has 0 aliphatic rings. The Bertz CT molecular complexity index is 3290. The summed E-state index contributed by atoms with van der Waals surface area (Å²) in [7, 11) is 0. The van der Waals surface area contributed by atoms with Crippen molar-refractivity contribution >= 4 is 43.7 Å². The molecule has 11 rings (SSSR count). The summed E-state index contributed by atoms with van der Waals surface area (Å²) in [5.41, 5.74) is 14.6. The maximum absolute atomic E-state index is 6.53. The SMILES string of the molecule is Cc1ccccc1-c1nc(-c2ccc(-c3ccccc3)cc2)nc(-c2cccc(-c3ccc4c(c3)[nH]c3c4ccc4c5cc(-c6ccccc6)ccc5oc43)c2)n1. The lowest BCUT2D eigenvalue weighted by molar-refractivity contribution is 0.672. The van der Waals surface area contributed by atoms with E-state index >= 15 is 0 Å². The number of benzene rings is 8. The van der Waals surface area contributed by atoms with Crippen molar-refractivity contribution in [3.05, 3.63) is 188 Å². The Kier molecular flexibility index (Phi) is 7.64. The van der Waals surface area contributed by atoms with E-state index in [0.29, 0.717) is 17.5 Å². The molecule has 0 radical (unpaired) electrons. The predicted molar refractivity (Wildman–Crippen MR) is 234 cm³/mol. The minimum atomic E-state index is 0.627. The molecule has 0 unspecified atom stereocenters. The number of aryl methyl sites for hydroxylation is 1. The van der Waals surface area contributed by atoms with Crippen LogP contribution >= 0.6 is 0 Å². The first-order valence-corrected chi connectivity index (χ1v) is 19.2. The zero-order valence-electron chi connectivity index (χ0n) is 31.1. The first-order chi connectivity index (χ1) is 28.1. The zero-order valence-corrected chi connectivity index (χ0v) is 31.1. The van der Waals surface area contributed by atoms with Crippen LogP contribution in [0.4, 0.5) is 0 Å². The molecule has 0 fully saturated rings. The van der Waals surface area contributed by atoms with Crippen molar-refractivity contribution in [1.82, 2.24) is 19.9 Å². The van der Waals surface area contributed by atoms with Gasteiger partial charge >= 0.3 is 0 Å². The first kappa shape index (κ1) is 32.8. The van der Waals surface area contributed by atoms with Gasteiger partial charge in [0.25, 0.3) is 0 Å². The van der Waals surface area contributed by atoms with Gasteiger partial charge in [0.2, 0.25) is 0 Å². The van der Waals surface area contributed by atoms with E-state index in [-0.39, 0.29) is 0 Å². The molecule has 0 aliphatic heterocycles. The first-order valence-electron chi connectivity index (χ1n) is 19.2. The monoisotopic (exact) mass is 730 g/mol. The topological polar surface area (TPSA) is 67.6 Å². The number of aromatic nitrogens is 4. The molecule has 0 aliphatic carbocycles. The number of aromatic amines is 1. The molecule has 0 saturated heterocycles. The molecule has 57 heavy (non-hydrogen) atoms. The highest BCUT2D eigenvalue weighted by Gasteiger charge is 2.17. The molecule has 268 valence electrons. The summed E-state index contributed by atoms with van der Waals surface area (Å²) in [5, 5.41) is 4.50. The van der Waals surface area contributed by atoms with Crippen LogP contribution in [0.2, 0.25) is 0 Å². The maximum atomic E-state index is 6.53. The van der Waals surface area contributed by atoms with Gasteiger partial charge < -0.3 is 9.40 Å². The van der Waals surface area contributed by atoms with Gasteiger partial charge in [-0.2, -0.15) is 0 Å². The Balaban J connectivity index is 0.986. The Labute approximate surface area is 329 Å². The second kappa shape index (κ2) is 13.3. The van der Waals surface area contributed by atoms with E-state index in [1.807, 2.05) is 24.3 Å². The normalized spacial score (nSPS) is 11.6. The van der Waals surface area contributed by atoms with Crippen molar-refractivity contribution in [3.63, 3.8) is 0 Å². The number of fused-ring (bicyclic) bond motifs is 7. The number of rotatable bonds is 6. The minimum absolute atomic E-state index is 0.627. The van der Waals surface area contributed by atoms with Gasteiger partial charge in [-0.15, -0.1) is 0 Å². The van der Waals surface area contributed by atoms with E-state index in [9.17, 15) is 0 Å². The highest BCUT2D eigenvalue weighted by Crippen LogP contribution is 2.39. The Morgan fingerprint density at radius 1 is 0.386 bits per heavy atom. The molecular weight excluding hydrogens is 697 g/mol. The fourth-order valence-electron chi connectivity index (χ4n) is 8.05. The van der Waals surface area contributed by atoms with Gasteiger partial charge in [-0.05, 0) is 76.2 Å². The number of furan rings is 1. The lowest BCUT2D eigenvalue weighted by Crippen LogP contribution is -2.01. The van der Waals surface area contributed by atoms with Crippen LogP contribution < -0.4 is 0 Å². The minimum Gasteiger partial charge on any atom is -0.454 e. The van der Waals surface area contributed by atoms with Gasteiger partial charge in [0.05, 0.1) is 5.52 Å². The molecule has 0 spiro atoms. The highest BCUT2D eigenvalue weighted by atomic mass is 16.3. The molecule has 5 nitrogen and oxygen atoms in total. The second-order valence-electron chi connectivity index (χ2n) is 14.6. The average molecular weight is 731 g/mol. The molecule has 0 saturated carbocycles. The van der Waals surface area contributed by atoms with Crippen LogP contribution in [-0.2, 0) is 0 Å². The number of nitrogens with one attached hydrogen (secondary N) is 1. The van der Waals surface area contributed by atoms with Crippen LogP contribution in [0.15, 0.2) is 186 Å². The van der Waals surface area contributed by atoms with Crippen LogP contribution in [0.3, 0.4) is 0 Å². The van der Waals surface area contributed by atoms with Crippen LogP contribution in [0, 0.1) is 6.92 Å². The van der Waals surface area contributed by atoms with Crippen LogP contribution in [0.25, 0.3) is 111 Å². The lowest BCUT2D eigenvalue weighted by Gasteiger charge is -2.11. The summed E-state index contributed by atoms with van der Waals surface area (Å²) in [6, 6.07) is 63.5. The number of hydrogen-bond donors (Lipinski definition) is 1. The highest BCUT2D eigenvalue weighted by molar-refractivity contribution is 6.20. The summed E-state index contributed by atoms with van der Waals surface area (Å²) >= 11 is 0. The lowest BCUT2D eigenvalue weighted by atomic mass is 10.0. The molecule has 3 heterocycles. The van der Waals surface area contributed by atoms with E-state index in [1.54, 1.807) is 0 Å². The average Bonchev–Trinajstić information content (AvgIpc) is 3.85. The van der Waals surface area contributed by atoms with Crippen LogP contribution in [0.5, 0.6) is 0 Å². The van der Waals surface area contributed by atoms with Crippen LogP contribution in [0.1, 0.15) is 5.56 Å². The number of nitrogens with zero attached hydrogens (tertiary/aromatic N) is 3. The molecule has 3 aromatic heterocycles. The van der Waals surface area contributed by atoms with Gasteiger partial charge in [0.15, 0.2) is 23.1 Å². The molecular formula is C52H34N4O. The summed E-state index contributed by atoms with van der Waals surface area (Å²) in [4.78, 5) is 18.9. The third-order valence-electron chi connectivity index (χ3n) is 11.0. The molecule has 11 aromatic rings. The fraction of sp³-hybridized carbons (Fsp3) is 0.0192. The number of hydrogen-bond acceptors (Lipinski definition) is 4. The van der Waals surface area contributed by atoms with Crippen molar-refractivity contribution in [2.45, 2.75) is 6.92 Å². The second-order valence-corrected chi connectivity index (χ2v) is 14.6. The van der Waals surface area contributed by atoms with Gasteiger partial charge in [-0.1, -0.05) is 152 Å². The van der Waals surface area contributed by atoms with Gasteiger partial charge in [-0.25, -0.2) is 15.0 Å². The third-order valence-corrected chi connectivity index (χ3v) is 11.0. The smallest absolute Gasteiger partial charge is 0.164 e. The quantitative estimate of drug-likeness (QED) is 0.185. The van der Waals surface area contributed by atoms with Crippen LogP contribution in [-0.4, -0.2) is 19.9 Å². The number of H-pyrrole nitrogens is 1. The van der Waals surface area contributed by atoms with Crippen molar-refractivity contribution in [1.29, 1.82) is 0 Å². The predicted octanol–water partition coefficient (Wildman–Crippen LogP) is 13.7. The van der Waals surface area contributed by atoms with Crippen molar-refractivity contribution in [2.24, 2.45) is 0 Å². The van der Waals surface area contributed by atoms with E-state index < -0.39 is 0 Å². The van der Waals surface area contributed by atoms with Gasteiger partial charge in [0.1, 0.15) is 5.58 Å². The van der Waals surface area contributed by atoms with Crippen molar-refractivity contribution in [2.75, 3.05) is 0 Å². The molecule has 8 aromatic carbocycles. The Hall–Kier alpha value is -7.63. The van der Waals surface area contributed by atoms with E-state index in [2.05, 4.69) is 170 Å².